The van der Waals surface area contributed by atoms with E-state index in [1.807, 2.05) is 72.6 Å². The third-order valence-corrected chi connectivity index (χ3v) is 8.69. The number of halogens is 2. The van der Waals surface area contributed by atoms with E-state index < -0.39 is 0 Å². The highest BCUT2D eigenvalue weighted by Gasteiger charge is 2.32. The first kappa shape index (κ1) is 24.0. The molecule has 1 aliphatic carbocycles. The minimum absolute atomic E-state index is 0.0353. The molecule has 1 amide bonds. The zero-order chi connectivity index (χ0) is 24.4. The van der Waals surface area contributed by atoms with E-state index in [0.717, 1.165) is 46.9 Å². The van der Waals surface area contributed by atoms with Crippen molar-refractivity contribution >= 4 is 38.9 Å². The van der Waals surface area contributed by atoms with Crippen LogP contribution in [0.4, 0.5) is 4.39 Å². The second-order valence-corrected chi connectivity index (χ2v) is 10.6. The average Bonchev–Trinajstić information content (AvgIpc) is 3.25. The largest absolute Gasteiger partial charge is 0.330 e. The Kier molecular flexibility index (Phi) is 7.19. The Balaban J connectivity index is 1.51. The molecule has 1 N–H and O–H groups in total. The molecule has 180 valence electrons. The third kappa shape index (κ3) is 4.99. The quantitative estimate of drug-likeness (QED) is 0.293. The van der Waals surface area contributed by atoms with Crippen LogP contribution < -0.4 is 5.32 Å². The topological polar surface area (TPSA) is 32.3 Å². The van der Waals surface area contributed by atoms with Gasteiger partial charge in [-0.1, -0.05) is 66.2 Å². The number of rotatable bonds is 6. The lowest BCUT2D eigenvalue weighted by atomic mass is 9.89. The second-order valence-electron chi connectivity index (χ2n) is 9.14. The van der Waals surface area contributed by atoms with Gasteiger partial charge in [0.25, 0.3) is 5.91 Å². The summed E-state index contributed by atoms with van der Waals surface area (Å²) in [6, 6.07) is 23.4. The van der Waals surface area contributed by atoms with Crippen LogP contribution in [0.15, 0.2) is 72.8 Å². The summed E-state index contributed by atoms with van der Waals surface area (Å²) < 4.78 is 16.1. The molecule has 6 heteroatoms. The fourth-order valence-corrected chi connectivity index (χ4v) is 6.48. The summed E-state index contributed by atoms with van der Waals surface area (Å²) in [5.74, 6) is -0.414. The summed E-state index contributed by atoms with van der Waals surface area (Å²) in [4.78, 5) is 16.4. The number of carbonyl (C=O) groups is 1. The van der Waals surface area contributed by atoms with E-state index in [4.69, 9.17) is 11.6 Å². The van der Waals surface area contributed by atoms with E-state index in [9.17, 15) is 4.79 Å². The standard InChI is InChI=1S/C29H28ClFN2OS/c1-32-22-12-14-23(15-13-22)33(29(34)28-27(30)24-9-5-6-10-26(24)35-28)18-21-17-20(11-16-25(21)31)19-7-3-2-4-8-19/h2-11,16-17,22-23,32H,12-15,18H2,1H3/t22-,23-. The lowest BCUT2D eigenvalue weighted by molar-refractivity contribution is 0.0604. The maximum Gasteiger partial charge on any atom is 0.266 e. The van der Waals surface area contributed by atoms with Gasteiger partial charge >= 0.3 is 0 Å². The van der Waals surface area contributed by atoms with Crippen LogP contribution in [-0.4, -0.2) is 29.9 Å². The molecule has 35 heavy (non-hydrogen) atoms. The van der Waals surface area contributed by atoms with Crippen LogP contribution in [0.5, 0.6) is 0 Å². The van der Waals surface area contributed by atoms with Crippen molar-refractivity contribution in [1.29, 1.82) is 0 Å². The van der Waals surface area contributed by atoms with Crippen LogP contribution >= 0.6 is 22.9 Å². The van der Waals surface area contributed by atoms with E-state index in [2.05, 4.69) is 5.32 Å². The summed E-state index contributed by atoms with van der Waals surface area (Å²) in [6.07, 6.45) is 3.72. The minimum Gasteiger partial charge on any atom is -0.330 e. The van der Waals surface area contributed by atoms with Gasteiger partial charge < -0.3 is 10.2 Å². The Bertz CT molecular complexity index is 1330. The first-order valence-corrected chi connectivity index (χ1v) is 13.2. The Morgan fingerprint density at radius 2 is 1.71 bits per heavy atom. The van der Waals surface area contributed by atoms with Crippen molar-refractivity contribution < 1.29 is 9.18 Å². The zero-order valence-electron chi connectivity index (χ0n) is 19.6. The van der Waals surface area contributed by atoms with Crippen molar-refractivity contribution in [2.45, 2.75) is 44.3 Å². The van der Waals surface area contributed by atoms with Gasteiger partial charge in [-0.15, -0.1) is 11.3 Å². The number of amides is 1. The van der Waals surface area contributed by atoms with Crippen molar-refractivity contribution in [1.82, 2.24) is 10.2 Å². The lowest BCUT2D eigenvalue weighted by Crippen LogP contribution is -2.44. The van der Waals surface area contributed by atoms with Gasteiger partial charge in [0, 0.05) is 34.3 Å². The highest BCUT2D eigenvalue weighted by atomic mass is 35.5. The molecule has 1 heterocycles. The van der Waals surface area contributed by atoms with Crippen molar-refractivity contribution in [3.05, 3.63) is 94.1 Å². The number of benzene rings is 3. The molecule has 1 aliphatic rings. The SMILES string of the molecule is CN[C@H]1CC[C@H](N(Cc2cc(-c3ccccc3)ccc2F)C(=O)c2sc3ccccc3c2Cl)CC1. The van der Waals surface area contributed by atoms with E-state index in [1.165, 1.54) is 17.4 Å². The molecule has 3 aromatic carbocycles. The van der Waals surface area contributed by atoms with E-state index in [-0.39, 0.29) is 24.3 Å². The molecule has 0 bridgehead atoms. The van der Waals surface area contributed by atoms with Gasteiger partial charge in [0.1, 0.15) is 10.7 Å². The zero-order valence-corrected chi connectivity index (χ0v) is 21.2. The fourth-order valence-electron chi connectivity index (χ4n) is 5.01. The molecule has 1 saturated carbocycles. The van der Waals surface area contributed by atoms with Crippen LogP contribution in [-0.2, 0) is 6.54 Å². The van der Waals surface area contributed by atoms with Gasteiger partial charge in [-0.2, -0.15) is 0 Å². The number of nitrogens with one attached hydrogen (secondary N) is 1. The number of hydrogen-bond donors (Lipinski definition) is 1. The van der Waals surface area contributed by atoms with Crippen LogP contribution in [0.25, 0.3) is 21.2 Å². The molecule has 0 aliphatic heterocycles. The van der Waals surface area contributed by atoms with E-state index >= 15 is 4.39 Å². The summed E-state index contributed by atoms with van der Waals surface area (Å²) >= 11 is 8.11. The minimum atomic E-state index is -0.297. The molecule has 0 atom stereocenters. The molecular weight excluding hydrogens is 479 g/mol. The van der Waals surface area contributed by atoms with Gasteiger partial charge in [0.05, 0.1) is 5.02 Å². The van der Waals surface area contributed by atoms with Crippen molar-refractivity contribution in [2.75, 3.05) is 7.05 Å². The van der Waals surface area contributed by atoms with Crippen LogP contribution in [0.3, 0.4) is 0 Å². The number of fused-ring (bicyclic) bond motifs is 1. The average molecular weight is 507 g/mol. The van der Waals surface area contributed by atoms with Crippen molar-refractivity contribution in [3.8, 4) is 11.1 Å². The Morgan fingerprint density at radius 1 is 1.00 bits per heavy atom. The van der Waals surface area contributed by atoms with Gasteiger partial charge in [-0.3, -0.25) is 4.79 Å². The summed E-state index contributed by atoms with van der Waals surface area (Å²) in [5, 5.41) is 4.73. The highest BCUT2D eigenvalue weighted by Crippen LogP contribution is 2.37. The summed E-state index contributed by atoms with van der Waals surface area (Å²) in [5.41, 5.74) is 2.48. The Hall–Kier alpha value is -2.73. The monoisotopic (exact) mass is 506 g/mol. The lowest BCUT2D eigenvalue weighted by Gasteiger charge is -2.37. The highest BCUT2D eigenvalue weighted by molar-refractivity contribution is 7.21. The molecule has 0 unspecified atom stereocenters. The molecule has 1 fully saturated rings. The van der Waals surface area contributed by atoms with E-state index in [1.54, 1.807) is 6.07 Å². The molecule has 1 aromatic heterocycles. The van der Waals surface area contributed by atoms with Gasteiger partial charge in [0.15, 0.2) is 0 Å². The normalized spacial score (nSPS) is 18.0. The second kappa shape index (κ2) is 10.5. The Morgan fingerprint density at radius 3 is 2.43 bits per heavy atom. The fraction of sp³-hybridized carbons (Fsp3) is 0.276. The maximum absolute atomic E-state index is 15.1. The molecule has 0 saturated heterocycles. The summed E-state index contributed by atoms with van der Waals surface area (Å²) in [7, 11) is 1.98. The number of hydrogen-bond acceptors (Lipinski definition) is 3. The molecular formula is C29H28ClFN2OS. The molecule has 3 nitrogen and oxygen atoms in total. The van der Waals surface area contributed by atoms with Crippen LogP contribution in [0.1, 0.15) is 40.9 Å². The van der Waals surface area contributed by atoms with Crippen molar-refractivity contribution in [2.24, 2.45) is 0 Å². The molecule has 0 spiro atoms. The van der Waals surface area contributed by atoms with Crippen molar-refractivity contribution in [3.63, 3.8) is 0 Å². The Labute approximate surface area is 214 Å². The molecule has 4 aromatic rings. The first-order chi connectivity index (χ1) is 17.0. The predicted octanol–water partition coefficient (Wildman–Crippen LogP) is 7.53. The van der Waals surface area contributed by atoms with Gasteiger partial charge in [-0.05, 0) is 62.1 Å². The predicted molar refractivity (Wildman–Crippen MR) is 144 cm³/mol. The molecule has 0 radical (unpaired) electrons. The third-order valence-electron chi connectivity index (χ3n) is 7.03. The van der Waals surface area contributed by atoms with Crippen LogP contribution in [0.2, 0.25) is 5.02 Å². The van der Waals surface area contributed by atoms with E-state index in [0.29, 0.717) is 21.5 Å². The van der Waals surface area contributed by atoms with Gasteiger partial charge in [-0.25, -0.2) is 4.39 Å². The maximum atomic E-state index is 15.1. The number of thiophene rings is 1. The first-order valence-electron chi connectivity index (χ1n) is 12.0. The molecule has 5 rings (SSSR count). The smallest absolute Gasteiger partial charge is 0.266 e. The van der Waals surface area contributed by atoms with Gasteiger partial charge in [0.2, 0.25) is 0 Å². The van der Waals surface area contributed by atoms with Crippen LogP contribution in [0, 0.1) is 5.82 Å². The summed E-state index contributed by atoms with van der Waals surface area (Å²) in [6.45, 7) is 0.213. The number of carbonyl (C=O) groups excluding carboxylic acids is 1. The number of nitrogens with zero attached hydrogens (tertiary/aromatic N) is 1.